The summed E-state index contributed by atoms with van der Waals surface area (Å²) in [6.45, 7) is 1.92. The molecule has 96 valence electrons. The van der Waals surface area contributed by atoms with Gasteiger partial charge in [0.1, 0.15) is 5.82 Å². The summed E-state index contributed by atoms with van der Waals surface area (Å²) >= 11 is 0. The zero-order valence-electron chi connectivity index (χ0n) is 10.6. The Hall–Kier alpha value is -2.50. The Morgan fingerprint density at radius 1 is 1.11 bits per heavy atom. The van der Waals surface area contributed by atoms with E-state index in [1.54, 1.807) is 36.0 Å². The number of nitrogens with zero attached hydrogens (tertiary/aromatic N) is 4. The monoisotopic (exact) mass is 256 g/mol. The fraction of sp³-hybridized carbons (Fsp3) is 0.231. The van der Waals surface area contributed by atoms with Gasteiger partial charge in [-0.05, 0) is 19.1 Å². The molecular formula is C13H12N4O2. The molecule has 0 aliphatic carbocycles. The number of fused-ring (bicyclic) bond motifs is 1. The Balaban J connectivity index is 1.92. The molecule has 0 saturated carbocycles. The van der Waals surface area contributed by atoms with E-state index in [2.05, 4.69) is 10.1 Å². The van der Waals surface area contributed by atoms with Crippen LogP contribution in [0.25, 0.3) is 0 Å². The Morgan fingerprint density at radius 2 is 1.68 bits per heavy atom. The molecule has 2 amide bonds. The predicted octanol–water partition coefficient (Wildman–Crippen LogP) is 0.920. The van der Waals surface area contributed by atoms with Gasteiger partial charge in [0, 0.05) is 7.05 Å². The van der Waals surface area contributed by atoms with Crippen molar-refractivity contribution in [1.29, 1.82) is 0 Å². The molecule has 1 aliphatic heterocycles. The maximum atomic E-state index is 12.1. The van der Waals surface area contributed by atoms with E-state index in [-0.39, 0.29) is 18.4 Å². The summed E-state index contributed by atoms with van der Waals surface area (Å²) in [7, 11) is 1.77. The molecule has 2 heterocycles. The van der Waals surface area contributed by atoms with Crippen molar-refractivity contribution in [2.75, 3.05) is 0 Å². The number of benzene rings is 1. The van der Waals surface area contributed by atoms with Gasteiger partial charge in [0.05, 0.1) is 17.7 Å². The van der Waals surface area contributed by atoms with Crippen LogP contribution >= 0.6 is 0 Å². The summed E-state index contributed by atoms with van der Waals surface area (Å²) in [6.07, 6.45) is 0. The SMILES string of the molecule is Cc1nc(CN2C(=O)c3ccccc3C2=O)nn1C. The molecule has 6 nitrogen and oxygen atoms in total. The van der Waals surface area contributed by atoms with Gasteiger partial charge in [0.2, 0.25) is 0 Å². The quantitative estimate of drug-likeness (QED) is 0.749. The molecule has 0 atom stereocenters. The third-order valence-electron chi connectivity index (χ3n) is 3.20. The molecule has 0 unspecified atom stereocenters. The summed E-state index contributed by atoms with van der Waals surface area (Å²) in [5.74, 6) is 0.637. The first-order valence-corrected chi connectivity index (χ1v) is 5.89. The number of hydrogen-bond donors (Lipinski definition) is 0. The average Bonchev–Trinajstić information content (AvgIpc) is 2.84. The van der Waals surface area contributed by atoms with Crippen LogP contribution in [0.1, 0.15) is 32.4 Å². The van der Waals surface area contributed by atoms with Crippen LogP contribution in [-0.2, 0) is 13.6 Å². The van der Waals surface area contributed by atoms with Crippen LogP contribution in [0.5, 0.6) is 0 Å². The summed E-state index contributed by atoms with van der Waals surface area (Å²) in [6, 6.07) is 6.81. The molecule has 0 radical (unpaired) electrons. The van der Waals surface area contributed by atoms with Crippen molar-refractivity contribution >= 4 is 11.8 Å². The number of aromatic nitrogens is 3. The molecule has 1 aliphatic rings. The Kier molecular flexibility index (Phi) is 2.45. The minimum atomic E-state index is -0.286. The van der Waals surface area contributed by atoms with Crippen molar-refractivity contribution in [2.45, 2.75) is 13.5 Å². The largest absolute Gasteiger partial charge is 0.269 e. The van der Waals surface area contributed by atoms with E-state index in [4.69, 9.17) is 0 Å². The van der Waals surface area contributed by atoms with Gasteiger partial charge in [-0.1, -0.05) is 12.1 Å². The summed E-state index contributed by atoms with van der Waals surface area (Å²) < 4.78 is 1.62. The highest BCUT2D eigenvalue weighted by Crippen LogP contribution is 2.23. The van der Waals surface area contributed by atoms with E-state index in [1.165, 1.54) is 4.90 Å². The van der Waals surface area contributed by atoms with Crippen molar-refractivity contribution in [3.8, 4) is 0 Å². The van der Waals surface area contributed by atoms with Crippen LogP contribution in [0.4, 0.5) is 0 Å². The minimum Gasteiger partial charge on any atom is -0.269 e. The number of aryl methyl sites for hydroxylation is 2. The molecular weight excluding hydrogens is 244 g/mol. The number of carbonyl (C=O) groups is 2. The predicted molar refractivity (Wildman–Crippen MR) is 66.4 cm³/mol. The standard InChI is InChI=1S/C13H12N4O2/c1-8-14-11(15-16(8)2)7-17-12(18)9-5-3-4-6-10(9)13(17)19/h3-6H,7H2,1-2H3. The third-order valence-corrected chi connectivity index (χ3v) is 3.20. The molecule has 0 bridgehead atoms. The number of amides is 2. The van der Waals surface area contributed by atoms with E-state index >= 15 is 0 Å². The van der Waals surface area contributed by atoms with Crippen LogP contribution in [0.2, 0.25) is 0 Å². The smallest absolute Gasteiger partial charge is 0.261 e. The van der Waals surface area contributed by atoms with Crippen molar-refractivity contribution < 1.29 is 9.59 Å². The van der Waals surface area contributed by atoms with Gasteiger partial charge in [-0.2, -0.15) is 5.10 Å². The maximum absolute atomic E-state index is 12.1. The second-order valence-corrected chi connectivity index (χ2v) is 4.44. The number of carbonyl (C=O) groups excluding carboxylic acids is 2. The van der Waals surface area contributed by atoms with E-state index < -0.39 is 0 Å². The Morgan fingerprint density at radius 3 is 2.16 bits per heavy atom. The molecule has 0 fully saturated rings. The van der Waals surface area contributed by atoms with Gasteiger partial charge in [0.15, 0.2) is 5.82 Å². The van der Waals surface area contributed by atoms with Crippen LogP contribution in [0.3, 0.4) is 0 Å². The molecule has 19 heavy (non-hydrogen) atoms. The molecule has 2 aromatic rings. The van der Waals surface area contributed by atoms with Gasteiger partial charge >= 0.3 is 0 Å². The highest BCUT2D eigenvalue weighted by atomic mass is 16.2. The maximum Gasteiger partial charge on any atom is 0.261 e. The van der Waals surface area contributed by atoms with Gasteiger partial charge in [-0.3, -0.25) is 19.2 Å². The Bertz CT molecular complexity index is 635. The van der Waals surface area contributed by atoms with Crippen LogP contribution in [-0.4, -0.2) is 31.5 Å². The fourth-order valence-electron chi connectivity index (χ4n) is 2.12. The molecule has 1 aromatic heterocycles. The van der Waals surface area contributed by atoms with E-state index in [1.807, 2.05) is 6.92 Å². The van der Waals surface area contributed by atoms with Crippen LogP contribution < -0.4 is 0 Å². The average molecular weight is 256 g/mol. The third kappa shape index (κ3) is 1.72. The summed E-state index contributed by atoms with van der Waals surface area (Å²) in [4.78, 5) is 29.7. The van der Waals surface area contributed by atoms with Gasteiger partial charge in [-0.25, -0.2) is 4.98 Å². The number of imide groups is 1. The number of rotatable bonds is 2. The molecule has 1 aromatic carbocycles. The number of hydrogen-bond acceptors (Lipinski definition) is 4. The first-order chi connectivity index (χ1) is 9.08. The molecule has 0 saturated heterocycles. The molecule has 0 N–H and O–H groups in total. The topological polar surface area (TPSA) is 68.1 Å². The lowest BCUT2D eigenvalue weighted by Crippen LogP contribution is -2.29. The van der Waals surface area contributed by atoms with Crippen molar-refractivity contribution in [3.05, 3.63) is 47.0 Å². The van der Waals surface area contributed by atoms with Gasteiger partial charge < -0.3 is 0 Å². The first-order valence-electron chi connectivity index (χ1n) is 5.89. The Labute approximate surface area is 109 Å². The van der Waals surface area contributed by atoms with Crippen molar-refractivity contribution in [3.63, 3.8) is 0 Å². The highest BCUT2D eigenvalue weighted by Gasteiger charge is 2.35. The van der Waals surface area contributed by atoms with Crippen molar-refractivity contribution in [2.24, 2.45) is 7.05 Å². The minimum absolute atomic E-state index is 0.105. The zero-order valence-corrected chi connectivity index (χ0v) is 10.6. The summed E-state index contributed by atoms with van der Waals surface area (Å²) in [5, 5.41) is 4.16. The van der Waals surface area contributed by atoms with E-state index in [0.717, 1.165) is 5.82 Å². The lowest BCUT2D eigenvalue weighted by atomic mass is 10.1. The molecule has 0 spiro atoms. The first kappa shape index (κ1) is 11.6. The molecule has 3 rings (SSSR count). The fourth-order valence-corrected chi connectivity index (χ4v) is 2.12. The van der Waals surface area contributed by atoms with Gasteiger partial charge in [-0.15, -0.1) is 0 Å². The van der Waals surface area contributed by atoms with Crippen molar-refractivity contribution in [1.82, 2.24) is 19.7 Å². The summed E-state index contributed by atoms with van der Waals surface area (Å²) in [5.41, 5.74) is 0.889. The second kappa shape index (κ2) is 4.01. The molecule has 6 heteroatoms. The second-order valence-electron chi connectivity index (χ2n) is 4.44. The highest BCUT2D eigenvalue weighted by molar-refractivity contribution is 6.21. The normalized spacial score (nSPS) is 14.1. The van der Waals surface area contributed by atoms with Crippen LogP contribution in [0.15, 0.2) is 24.3 Å². The van der Waals surface area contributed by atoms with Gasteiger partial charge in [0.25, 0.3) is 11.8 Å². The lowest BCUT2D eigenvalue weighted by Gasteiger charge is -2.10. The van der Waals surface area contributed by atoms with E-state index in [0.29, 0.717) is 17.0 Å². The van der Waals surface area contributed by atoms with Crippen LogP contribution in [0, 0.1) is 6.92 Å². The zero-order chi connectivity index (χ0) is 13.6. The van der Waals surface area contributed by atoms with E-state index in [9.17, 15) is 9.59 Å². The lowest BCUT2D eigenvalue weighted by molar-refractivity contribution is 0.0638.